The van der Waals surface area contributed by atoms with Crippen molar-refractivity contribution in [3.63, 3.8) is 0 Å². The van der Waals surface area contributed by atoms with E-state index in [-0.39, 0.29) is 35.5 Å². The summed E-state index contributed by atoms with van der Waals surface area (Å²) in [5.41, 5.74) is 0.276. The number of carbonyl (C=O) groups is 2. The lowest BCUT2D eigenvalue weighted by Gasteiger charge is -2.43. The summed E-state index contributed by atoms with van der Waals surface area (Å²) >= 11 is 0. The molecular formula is C20H27ClFN3O2. The molecule has 2 saturated heterocycles. The van der Waals surface area contributed by atoms with Gasteiger partial charge in [0.15, 0.2) is 0 Å². The lowest BCUT2D eigenvalue weighted by Crippen LogP contribution is -2.56. The maximum Gasteiger partial charge on any atom is 0.253 e. The van der Waals surface area contributed by atoms with Crippen LogP contribution in [0, 0.1) is 17.2 Å². The number of rotatable bonds is 2. The summed E-state index contributed by atoms with van der Waals surface area (Å²) in [6, 6.07) is 5.65. The molecule has 7 heteroatoms. The van der Waals surface area contributed by atoms with Gasteiger partial charge in [0.05, 0.1) is 5.41 Å². The number of benzene rings is 1. The number of halogens is 2. The summed E-state index contributed by atoms with van der Waals surface area (Å²) in [7, 11) is 0. The number of hydrogen-bond acceptors (Lipinski definition) is 3. The predicted molar refractivity (Wildman–Crippen MR) is 103 cm³/mol. The Morgan fingerprint density at radius 1 is 1.04 bits per heavy atom. The number of nitrogens with one attached hydrogen (secondary N) is 1. The number of hydrogen-bond donors (Lipinski definition) is 1. The van der Waals surface area contributed by atoms with Crippen molar-refractivity contribution in [1.29, 1.82) is 0 Å². The topological polar surface area (TPSA) is 52.7 Å². The Bertz CT molecular complexity index is 691. The third kappa shape index (κ3) is 3.69. The van der Waals surface area contributed by atoms with E-state index in [0.29, 0.717) is 37.7 Å². The lowest BCUT2D eigenvalue weighted by atomic mass is 9.67. The Kier molecular flexibility index (Phi) is 6.06. The van der Waals surface area contributed by atoms with Gasteiger partial charge in [-0.2, -0.15) is 0 Å². The molecule has 0 radical (unpaired) electrons. The van der Waals surface area contributed by atoms with E-state index >= 15 is 0 Å². The molecule has 4 rings (SSSR count). The molecule has 2 amide bonds. The van der Waals surface area contributed by atoms with Crippen molar-refractivity contribution >= 4 is 24.2 Å². The molecule has 2 aliphatic heterocycles. The van der Waals surface area contributed by atoms with E-state index in [0.717, 1.165) is 32.4 Å². The first-order valence-corrected chi connectivity index (χ1v) is 9.65. The van der Waals surface area contributed by atoms with E-state index in [2.05, 4.69) is 5.32 Å². The van der Waals surface area contributed by atoms with Gasteiger partial charge in [-0.1, -0.05) is 12.8 Å². The van der Waals surface area contributed by atoms with Crippen molar-refractivity contribution < 1.29 is 14.0 Å². The first kappa shape index (κ1) is 20.1. The summed E-state index contributed by atoms with van der Waals surface area (Å²) in [4.78, 5) is 29.6. The smallest absolute Gasteiger partial charge is 0.253 e. The quantitative estimate of drug-likeness (QED) is 0.836. The van der Waals surface area contributed by atoms with Crippen LogP contribution in [0.25, 0.3) is 0 Å². The van der Waals surface area contributed by atoms with Crippen LogP contribution in [0.3, 0.4) is 0 Å². The number of fused-ring (bicyclic) bond motifs is 1. The van der Waals surface area contributed by atoms with Gasteiger partial charge in [0, 0.05) is 38.3 Å². The third-order valence-corrected chi connectivity index (χ3v) is 6.41. The van der Waals surface area contributed by atoms with E-state index in [1.807, 2.05) is 4.90 Å². The van der Waals surface area contributed by atoms with Crippen LogP contribution in [0.1, 0.15) is 36.0 Å². The van der Waals surface area contributed by atoms with Gasteiger partial charge in [-0.25, -0.2) is 4.39 Å². The second-order valence-electron chi connectivity index (χ2n) is 7.82. The highest BCUT2D eigenvalue weighted by Crippen LogP contribution is 2.45. The normalized spacial score (nSPS) is 27.7. The molecule has 2 atom stereocenters. The number of amides is 2. The minimum absolute atomic E-state index is 0. The van der Waals surface area contributed by atoms with Crippen molar-refractivity contribution in [3.8, 4) is 0 Å². The molecular weight excluding hydrogens is 369 g/mol. The molecule has 27 heavy (non-hydrogen) atoms. The first-order chi connectivity index (χ1) is 12.6. The molecule has 148 valence electrons. The zero-order chi connectivity index (χ0) is 18.1. The van der Waals surface area contributed by atoms with E-state index in [1.165, 1.54) is 30.7 Å². The summed E-state index contributed by atoms with van der Waals surface area (Å²) < 4.78 is 13.0. The second kappa shape index (κ2) is 8.15. The fraction of sp³-hybridized carbons (Fsp3) is 0.600. The SMILES string of the molecule is Cl.O=C(c1ccc(F)cc1)N1CCN(C(=O)[C@@]23CCCC[C@H]2CNC3)CC1. The van der Waals surface area contributed by atoms with Crippen LogP contribution >= 0.6 is 12.4 Å². The molecule has 0 unspecified atom stereocenters. The third-order valence-electron chi connectivity index (χ3n) is 6.41. The number of nitrogens with zero attached hydrogens (tertiary/aromatic N) is 2. The van der Waals surface area contributed by atoms with Crippen LogP contribution in [-0.2, 0) is 4.79 Å². The molecule has 0 aromatic heterocycles. The van der Waals surface area contributed by atoms with Gasteiger partial charge < -0.3 is 15.1 Å². The lowest BCUT2D eigenvalue weighted by molar-refractivity contribution is -0.146. The Balaban J connectivity index is 0.00000210. The van der Waals surface area contributed by atoms with Crippen molar-refractivity contribution in [2.24, 2.45) is 11.3 Å². The fourth-order valence-corrected chi connectivity index (χ4v) is 4.87. The van der Waals surface area contributed by atoms with E-state index in [9.17, 15) is 14.0 Å². The highest BCUT2D eigenvalue weighted by molar-refractivity contribution is 5.94. The second-order valence-corrected chi connectivity index (χ2v) is 7.82. The van der Waals surface area contributed by atoms with E-state index < -0.39 is 0 Å². The molecule has 1 aromatic rings. The van der Waals surface area contributed by atoms with Crippen LogP contribution in [-0.4, -0.2) is 60.9 Å². The van der Waals surface area contributed by atoms with Crippen LogP contribution < -0.4 is 5.32 Å². The van der Waals surface area contributed by atoms with Crippen molar-refractivity contribution in [2.75, 3.05) is 39.3 Å². The maximum atomic E-state index is 13.3. The van der Waals surface area contributed by atoms with Gasteiger partial charge >= 0.3 is 0 Å². The Morgan fingerprint density at radius 2 is 1.70 bits per heavy atom. The summed E-state index contributed by atoms with van der Waals surface area (Å²) in [5.74, 6) is 0.306. The van der Waals surface area contributed by atoms with Crippen LogP contribution in [0.4, 0.5) is 4.39 Å². The monoisotopic (exact) mass is 395 g/mol. The minimum Gasteiger partial charge on any atom is -0.339 e. The molecule has 3 aliphatic rings. The van der Waals surface area contributed by atoms with Crippen LogP contribution in [0.15, 0.2) is 24.3 Å². The zero-order valence-electron chi connectivity index (χ0n) is 15.5. The van der Waals surface area contributed by atoms with Gasteiger partial charge in [0.1, 0.15) is 5.82 Å². The predicted octanol–water partition coefficient (Wildman–Crippen LogP) is 2.31. The molecule has 3 fully saturated rings. The first-order valence-electron chi connectivity index (χ1n) is 9.65. The molecule has 0 spiro atoms. The van der Waals surface area contributed by atoms with Gasteiger partial charge in [0.25, 0.3) is 5.91 Å². The van der Waals surface area contributed by atoms with Gasteiger partial charge in [-0.3, -0.25) is 9.59 Å². The van der Waals surface area contributed by atoms with Crippen LogP contribution in [0.2, 0.25) is 0 Å². The molecule has 1 aliphatic carbocycles. The van der Waals surface area contributed by atoms with Gasteiger partial charge in [0.2, 0.25) is 5.91 Å². The van der Waals surface area contributed by atoms with Crippen LogP contribution in [0.5, 0.6) is 0 Å². The highest BCUT2D eigenvalue weighted by Gasteiger charge is 2.51. The summed E-state index contributed by atoms with van der Waals surface area (Å²) in [5, 5.41) is 3.44. The molecule has 5 nitrogen and oxygen atoms in total. The Morgan fingerprint density at radius 3 is 2.41 bits per heavy atom. The van der Waals surface area contributed by atoms with Crippen molar-refractivity contribution in [2.45, 2.75) is 25.7 Å². The minimum atomic E-state index is -0.344. The standard InChI is InChI=1S/C20H26FN3O2.ClH/c21-17-6-4-15(5-7-17)18(25)23-9-11-24(12-10-23)19(26)20-8-2-1-3-16(20)13-22-14-20;/h4-7,16,22H,1-3,8-14H2;1H/t16-,20+;/m0./s1. The molecule has 1 aromatic carbocycles. The summed E-state index contributed by atoms with van der Waals surface area (Å²) in [6.45, 7) is 3.99. The molecule has 2 heterocycles. The summed E-state index contributed by atoms with van der Waals surface area (Å²) in [6.07, 6.45) is 4.48. The number of carbonyl (C=O) groups excluding carboxylic acids is 2. The zero-order valence-corrected chi connectivity index (χ0v) is 16.3. The van der Waals surface area contributed by atoms with E-state index in [1.54, 1.807) is 4.90 Å². The van der Waals surface area contributed by atoms with Crippen molar-refractivity contribution in [3.05, 3.63) is 35.6 Å². The highest BCUT2D eigenvalue weighted by atomic mass is 35.5. The fourth-order valence-electron chi connectivity index (χ4n) is 4.87. The Hall–Kier alpha value is -1.66. The molecule has 0 bridgehead atoms. The largest absolute Gasteiger partial charge is 0.339 e. The molecule has 1 saturated carbocycles. The number of piperazine rings is 1. The average Bonchev–Trinajstić information content (AvgIpc) is 3.13. The maximum absolute atomic E-state index is 13.3. The van der Waals surface area contributed by atoms with Gasteiger partial charge in [-0.05, 0) is 49.6 Å². The average molecular weight is 396 g/mol. The van der Waals surface area contributed by atoms with E-state index in [4.69, 9.17) is 0 Å². The molecule has 1 N–H and O–H groups in total. The van der Waals surface area contributed by atoms with Gasteiger partial charge in [-0.15, -0.1) is 12.4 Å². The van der Waals surface area contributed by atoms with Crippen molar-refractivity contribution in [1.82, 2.24) is 15.1 Å². The Labute approximate surface area is 165 Å².